The number of allylic oxidation sites excluding steroid dienone is 2. The van der Waals surface area contributed by atoms with Gasteiger partial charge in [0, 0.05) is 10.9 Å². The number of nitrogens with zero attached hydrogens (tertiary/aromatic N) is 2. The number of hydrogen-bond acceptors (Lipinski definition) is 7. The minimum atomic E-state index is -1.59. The van der Waals surface area contributed by atoms with Gasteiger partial charge >= 0.3 is 0 Å². The molecule has 2 aliphatic carbocycles. The molecule has 0 aromatic heterocycles. The lowest BCUT2D eigenvalue weighted by Crippen LogP contribution is -2.53. The molecule has 6 atom stereocenters. The van der Waals surface area contributed by atoms with E-state index >= 15 is 4.79 Å². The van der Waals surface area contributed by atoms with Crippen LogP contribution in [0.1, 0.15) is 35.4 Å². The predicted octanol–water partition coefficient (Wildman–Crippen LogP) is 7.79. The molecule has 12 heteroatoms. The summed E-state index contributed by atoms with van der Waals surface area (Å²) in [5.41, 5.74) is 4.73. The Morgan fingerprint density at radius 2 is 1.66 bits per heavy atom. The summed E-state index contributed by atoms with van der Waals surface area (Å²) >= 11 is 9.83. The van der Waals surface area contributed by atoms with Crippen molar-refractivity contribution < 1.29 is 33.4 Å². The Hall–Kier alpha value is -5.26. The third-order valence-electron chi connectivity index (χ3n) is 11.2. The van der Waals surface area contributed by atoms with Gasteiger partial charge < -0.3 is 9.84 Å². The van der Waals surface area contributed by atoms with E-state index in [9.17, 15) is 23.9 Å². The molecule has 0 radical (unpaired) electrons. The van der Waals surface area contributed by atoms with Gasteiger partial charge in [-0.25, -0.2) is 4.39 Å². The van der Waals surface area contributed by atoms with E-state index in [2.05, 4.69) is 27.9 Å². The van der Waals surface area contributed by atoms with Crippen LogP contribution in [0.3, 0.4) is 0 Å². The highest BCUT2D eigenvalue weighted by atomic mass is 79.9. The van der Waals surface area contributed by atoms with Crippen molar-refractivity contribution in [2.24, 2.45) is 23.7 Å². The lowest BCUT2D eigenvalue weighted by atomic mass is 9.49. The summed E-state index contributed by atoms with van der Waals surface area (Å²) in [6.45, 7) is 3.79. The van der Waals surface area contributed by atoms with Crippen molar-refractivity contribution in [3.05, 3.63) is 135 Å². The first-order chi connectivity index (χ1) is 25.5. The van der Waals surface area contributed by atoms with Gasteiger partial charge in [-0.2, -0.15) is 5.01 Å². The Morgan fingerprint density at radius 1 is 0.962 bits per heavy atom. The van der Waals surface area contributed by atoms with Crippen LogP contribution in [0.25, 0.3) is 6.08 Å². The zero-order valence-corrected chi connectivity index (χ0v) is 30.6. The molecule has 2 aliphatic heterocycles. The molecule has 6 unspecified atom stereocenters. The number of imide groups is 2. The molecule has 1 saturated carbocycles. The number of anilines is 2. The van der Waals surface area contributed by atoms with Crippen molar-refractivity contribution in [2.75, 3.05) is 17.4 Å². The van der Waals surface area contributed by atoms with Gasteiger partial charge in [0.1, 0.15) is 5.82 Å². The average Bonchev–Trinajstić information content (AvgIpc) is 3.54. The third-order valence-corrected chi connectivity index (χ3v) is 12.1. The molecule has 2 N–H and O–H groups in total. The second-order valence-corrected chi connectivity index (χ2v) is 15.0. The third kappa shape index (κ3) is 5.23. The number of fused-ring (bicyclic) bond motifs is 4. The van der Waals surface area contributed by atoms with Gasteiger partial charge in [-0.3, -0.25) is 29.5 Å². The highest BCUT2D eigenvalue weighted by molar-refractivity contribution is 9.10. The highest BCUT2D eigenvalue weighted by Gasteiger charge is 2.70. The minimum Gasteiger partial charge on any atom is -0.503 e. The Balaban J connectivity index is 1.34. The molecule has 8 rings (SSSR count). The number of halogens is 3. The van der Waals surface area contributed by atoms with E-state index < -0.39 is 52.6 Å². The molecular weight excluding hydrogens is 765 g/mol. The number of phenols is 1. The quantitative estimate of drug-likeness (QED) is 0.145. The van der Waals surface area contributed by atoms with Crippen LogP contribution in [0.15, 0.2) is 108 Å². The molecule has 4 amide bonds. The number of benzene rings is 4. The summed E-state index contributed by atoms with van der Waals surface area (Å²) in [7, 11) is 1.41. The van der Waals surface area contributed by atoms with Crippen molar-refractivity contribution >= 4 is 68.6 Å². The fourth-order valence-corrected chi connectivity index (χ4v) is 9.55. The average molecular weight is 797 g/mol. The van der Waals surface area contributed by atoms with Gasteiger partial charge in [0.05, 0.1) is 46.1 Å². The minimum absolute atomic E-state index is 0.0803. The largest absolute Gasteiger partial charge is 0.503 e. The van der Waals surface area contributed by atoms with Gasteiger partial charge in [0.25, 0.3) is 11.8 Å². The van der Waals surface area contributed by atoms with Crippen molar-refractivity contribution in [1.29, 1.82) is 0 Å². The first-order valence-electron chi connectivity index (χ1n) is 17.0. The van der Waals surface area contributed by atoms with Crippen molar-refractivity contribution in [3.63, 3.8) is 0 Å². The van der Waals surface area contributed by atoms with Crippen molar-refractivity contribution in [3.8, 4) is 11.5 Å². The lowest BCUT2D eigenvalue weighted by Gasteiger charge is -2.50. The van der Waals surface area contributed by atoms with Gasteiger partial charge in [0.2, 0.25) is 11.8 Å². The predicted molar refractivity (Wildman–Crippen MR) is 200 cm³/mol. The molecule has 9 nitrogen and oxygen atoms in total. The van der Waals surface area contributed by atoms with Gasteiger partial charge in [-0.1, -0.05) is 60.2 Å². The molecule has 0 bridgehead atoms. The van der Waals surface area contributed by atoms with Crippen LogP contribution in [0.5, 0.6) is 11.5 Å². The van der Waals surface area contributed by atoms with Crippen molar-refractivity contribution in [2.45, 2.75) is 24.2 Å². The SMILES string of the molecule is C=Cc1ccc(N2C(=O)C3CC=C4C(CC5C(=O)N(Nc6ccc(F)cc6)C(=O)C5(c5ccc(Cl)cc5)C4c4cc(Br)c(O)c(OC)c4)C3C2=O)cc1. The number of ether oxygens (including phenoxy) is 1. The maximum atomic E-state index is 15.3. The molecule has 4 aromatic rings. The number of hydrazine groups is 1. The normalized spacial score (nSPS) is 26.2. The molecule has 4 aliphatic rings. The fourth-order valence-electron chi connectivity index (χ4n) is 8.96. The zero-order chi connectivity index (χ0) is 37.3. The Morgan fingerprint density at radius 3 is 2.32 bits per heavy atom. The summed E-state index contributed by atoms with van der Waals surface area (Å²) in [5.74, 6) is -6.31. The Labute approximate surface area is 317 Å². The van der Waals surface area contributed by atoms with E-state index in [1.165, 1.54) is 36.3 Å². The van der Waals surface area contributed by atoms with Crippen molar-refractivity contribution in [1.82, 2.24) is 5.01 Å². The first-order valence-corrected chi connectivity index (χ1v) is 18.2. The van der Waals surface area contributed by atoms with Crippen LogP contribution >= 0.6 is 27.5 Å². The van der Waals surface area contributed by atoms with E-state index in [4.69, 9.17) is 16.3 Å². The smallest absolute Gasteiger partial charge is 0.260 e. The van der Waals surface area contributed by atoms with Crippen LogP contribution in [0.4, 0.5) is 15.8 Å². The molecular formula is C41H32BrClFN3O6. The molecule has 2 saturated heterocycles. The second-order valence-electron chi connectivity index (χ2n) is 13.7. The summed E-state index contributed by atoms with van der Waals surface area (Å²) in [4.78, 5) is 60.0. The number of carbonyl (C=O) groups excluding carboxylic acids is 4. The molecule has 53 heavy (non-hydrogen) atoms. The van der Waals surface area contributed by atoms with Crippen LogP contribution in [0, 0.1) is 29.5 Å². The van der Waals surface area contributed by atoms with Crippen LogP contribution in [-0.4, -0.2) is 40.9 Å². The number of carbonyl (C=O) groups is 4. The van der Waals surface area contributed by atoms with E-state index in [0.29, 0.717) is 32.0 Å². The maximum Gasteiger partial charge on any atom is 0.260 e. The van der Waals surface area contributed by atoms with Gasteiger partial charge in [-0.05, 0) is 112 Å². The lowest BCUT2D eigenvalue weighted by molar-refractivity contribution is -0.138. The van der Waals surface area contributed by atoms with Gasteiger partial charge in [-0.15, -0.1) is 0 Å². The molecule has 3 fully saturated rings. The molecule has 2 heterocycles. The number of aromatic hydroxyl groups is 1. The monoisotopic (exact) mass is 795 g/mol. The van der Waals surface area contributed by atoms with Crippen LogP contribution in [0.2, 0.25) is 5.02 Å². The summed E-state index contributed by atoms with van der Waals surface area (Å²) < 4.78 is 19.8. The van der Waals surface area contributed by atoms with E-state index in [0.717, 1.165) is 16.1 Å². The summed E-state index contributed by atoms with van der Waals surface area (Å²) in [6, 6.07) is 22.4. The summed E-state index contributed by atoms with van der Waals surface area (Å²) in [6.07, 6.45) is 3.93. The number of rotatable bonds is 7. The van der Waals surface area contributed by atoms with Gasteiger partial charge in [0.15, 0.2) is 11.5 Å². The van der Waals surface area contributed by atoms with Crippen LogP contribution in [-0.2, 0) is 24.6 Å². The topological polar surface area (TPSA) is 116 Å². The Kier molecular flexibility index (Phi) is 8.54. The van der Waals surface area contributed by atoms with E-state index in [-0.39, 0.29) is 36.2 Å². The Bertz CT molecular complexity index is 2250. The summed E-state index contributed by atoms with van der Waals surface area (Å²) in [5, 5.41) is 12.3. The number of amides is 4. The van der Waals surface area contributed by atoms with Crippen LogP contribution < -0.4 is 15.1 Å². The number of methoxy groups -OCH3 is 1. The standard InChI is InChI=1S/C41H32BrClFN3O6/c1-3-21-4-14-27(15-5-21)46-37(49)29-17-16-28-30(34(29)39(46)51)20-31-38(50)47(45-26-12-10-25(44)11-13-26)40(52)41(31,23-6-8-24(43)9-7-23)35(28)22-18-32(42)36(48)33(19-22)53-2/h3-16,18-19,29-31,34-35,45,48H,1,17,20H2,2H3. The second kappa shape index (κ2) is 13.0. The number of hydrogen-bond donors (Lipinski definition) is 2. The molecule has 4 aromatic carbocycles. The number of nitrogens with one attached hydrogen (secondary N) is 1. The molecule has 268 valence electrons. The fraction of sp³-hybridized carbons (Fsp3) is 0.220. The maximum absolute atomic E-state index is 15.3. The first kappa shape index (κ1) is 34.8. The van der Waals surface area contributed by atoms with E-state index in [1.807, 2.05) is 6.08 Å². The highest BCUT2D eigenvalue weighted by Crippen LogP contribution is 2.64. The zero-order valence-electron chi connectivity index (χ0n) is 28.3. The molecule has 0 spiro atoms. The van der Waals surface area contributed by atoms with E-state index in [1.54, 1.807) is 66.7 Å². The number of phenolic OH excluding ortho intramolecular Hbond substituents is 1.